The van der Waals surface area contributed by atoms with Gasteiger partial charge in [0.05, 0.1) is 33.8 Å². The number of phosphoric acid groups is 1. The molecule has 0 aromatic heterocycles. The van der Waals surface area contributed by atoms with Crippen LogP contribution in [-0.2, 0) is 27.9 Å². The number of ether oxygens (including phenoxy) is 1. The number of quaternary nitrogens is 1. The first kappa shape index (κ1) is 78.9. The summed E-state index contributed by atoms with van der Waals surface area (Å²) in [5.41, 5.74) is 0. The third-order valence-electron chi connectivity index (χ3n) is 13.8. The maximum atomic E-state index is 13.6. The molecule has 1 amide bonds. The van der Waals surface area contributed by atoms with Crippen LogP contribution in [0.2, 0.25) is 0 Å². The molecule has 0 radical (unpaired) electrons. The van der Waals surface area contributed by atoms with E-state index >= 15 is 0 Å². The molecule has 0 aliphatic carbocycles. The van der Waals surface area contributed by atoms with Crippen molar-refractivity contribution < 1.29 is 37.3 Å². The Bertz CT molecular complexity index is 1930. The van der Waals surface area contributed by atoms with Gasteiger partial charge in [0.15, 0.2) is 0 Å². The van der Waals surface area contributed by atoms with Crippen LogP contribution in [0.5, 0.6) is 0 Å². The van der Waals surface area contributed by atoms with Crippen LogP contribution in [0.15, 0.2) is 146 Å². The van der Waals surface area contributed by atoms with Crippen LogP contribution < -0.4 is 10.2 Å². The van der Waals surface area contributed by atoms with Crippen LogP contribution in [-0.4, -0.2) is 69.4 Å². The van der Waals surface area contributed by atoms with E-state index in [1.165, 1.54) is 44.9 Å². The van der Waals surface area contributed by atoms with Gasteiger partial charge in [0.1, 0.15) is 19.3 Å². The van der Waals surface area contributed by atoms with E-state index in [0.29, 0.717) is 23.9 Å². The average Bonchev–Trinajstić information content (AvgIpc) is 3.51. The molecule has 0 aromatic carbocycles. The number of allylic oxidation sites excluding steroid dienone is 23. The Hall–Kier alpha value is -4.11. The molecule has 0 rings (SSSR count). The van der Waals surface area contributed by atoms with Crippen molar-refractivity contribution in [1.82, 2.24) is 5.32 Å². The SMILES string of the molecule is CC/C=C\C/C=C\C/C=C\C/C=C\C/C=C\C/C=C\CCCCCCCCC(=O)OC(/C=C/CCCCCCCCCCC)C(COP(=O)([O-])OCC[N+](C)(C)C)NC(=O)CCCCCCC/C=C\C/C=C\C/C=C\C/C=C\C/C=C\CC. The maximum Gasteiger partial charge on any atom is 0.306 e. The predicted octanol–water partition coefficient (Wildman–Crippen LogP) is 20.4. The molecule has 0 aliphatic heterocycles. The van der Waals surface area contributed by atoms with Gasteiger partial charge >= 0.3 is 5.97 Å². The van der Waals surface area contributed by atoms with E-state index in [0.717, 1.165) is 161 Å². The fourth-order valence-corrected chi connectivity index (χ4v) is 9.45. The molecule has 472 valence electrons. The fraction of sp³-hybridized carbons (Fsp3) is 0.644. The Balaban J connectivity index is 5.21. The number of hydrogen-bond donors (Lipinski definition) is 1. The van der Waals surface area contributed by atoms with Crippen molar-refractivity contribution in [3.8, 4) is 0 Å². The molecule has 10 heteroatoms. The lowest BCUT2D eigenvalue weighted by Crippen LogP contribution is -2.47. The third-order valence-corrected chi connectivity index (χ3v) is 14.7. The molecular formula is C73H123N2O7P. The number of hydrogen-bond acceptors (Lipinski definition) is 7. The molecule has 0 aliphatic rings. The number of phosphoric ester groups is 1. The molecule has 0 aromatic rings. The molecular weight excluding hydrogens is 1050 g/mol. The van der Waals surface area contributed by atoms with E-state index in [4.69, 9.17) is 13.8 Å². The van der Waals surface area contributed by atoms with E-state index in [1.54, 1.807) is 0 Å². The first-order valence-electron chi connectivity index (χ1n) is 33.1. The van der Waals surface area contributed by atoms with Gasteiger partial charge in [-0.2, -0.15) is 0 Å². The van der Waals surface area contributed by atoms with E-state index in [1.807, 2.05) is 33.3 Å². The van der Waals surface area contributed by atoms with Gasteiger partial charge in [-0.3, -0.25) is 14.2 Å². The number of likely N-dealkylation sites (N-methyl/N-ethyl adjacent to an activating group) is 1. The Morgan fingerprint density at radius 3 is 1.16 bits per heavy atom. The third kappa shape index (κ3) is 62.2. The van der Waals surface area contributed by atoms with E-state index in [-0.39, 0.29) is 31.3 Å². The number of carbonyl (C=O) groups is 2. The number of nitrogens with one attached hydrogen (secondary N) is 1. The minimum Gasteiger partial charge on any atom is -0.756 e. The number of rotatable bonds is 58. The molecule has 0 heterocycles. The van der Waals surface area contributed by atoms with Crippen molar-refractivity contribution in [3.05, 3.63) is 146 Å². The summed E-state index contributed by atoms with van der Waals surface area (Å²) in [6, 6.07) is -0.917. The summed E-state index contributed by atoms with van der Waals surface area (Å²) in [4.78, 5) is 40.1. The van der Waals surface area contributed by atoms with Crippen LogP contribution in [0.25, 0.3) is 0 Å². The molecule has 0 spiro atoms. The average molecular weight is 1170 g/mol. The van der Waals surface area contributed by atoms with Gasteiger partial charge in [-0.25, -0.2) is 0 Å². The summed E-state index contributed by atoms with van der Waals surface area (Å²) in [5.74, 6) is -0.591. The number of esters is 1. The molecule has 3 unspecified atom stereocenters. The number of unbranched alkanes of at least 4 members (excludes halogenated alkanes) is 20. The van der Waals surface area contributed by atoms with Crippen molar-refractivity contribution in [2.75, 3.05) is 40.9 Å². The highest BCUT2D eigenvalue weighted by molar-refractivity contribution is 7.45. The van der Waals surface area contributed by atoms with Crippen molar-refractivity contribution >= 4 is 19.7 Å². The zero-order valence-corrected chi connectivity index (χ0v) is 54.7. The fourth-order valence-electron chi connectivity index (χ4n) is 8.73. The second kappa shape index (κ2) is 61.0. The van der Waals surface area contributed by atoms with Crippen LogP contribution in [0.4, 0.5) is 0 Å². The van der Waals surface area contributed by atoms with Crippen molar-refractivity contribution in [2.24, 2.45) is 0 Å². The highest BCUT2D eigenvalue weighted by Gasteiger charge is 2.27. The number of carbonyl (C=O) groups excluding carboxylic acids is 2. The number of amides is 1. The summed E-state index contributed by atoms with van der Waals surface area (Å²) in [5, 5.41) is 3.01. The minimum absolute atomic E-state index is 0.0375. The standard InChI is InChI=1S/C73H123N2O7P/c1-7-10-13-16-19-22-25-27-29-31-33-35-36-37-38-40-42-44-46-48-51-54-57-60-63-66-73(77)82-71(64-61-58-55-52-49-24-21-18-15-12-9-3)70(69-81-83(78,79)80-68-67-75(4,5)6)74-72(76)65-62-59-56-53-50-47-45-43-41-39-34-32-30-28-26-23-20-17-14-11-8-2/h10-11,13-14,19-20,22-23,27-30,33-35,37-39,42-45,61,64,70-71H,7-9,12,15-18,21,24-26,31-32,36,40-41,46-60,62-63,65-69H2,1-6H3,(H-,74,76,78,79)/b13-10-,14-11-,22-19-,23-20-,29-27-,30-28-,35-33-,38-37-,39-34-,44-42-,45-43-,64-61+. The monoisotopic (exact) mass is 1170 g/mol. The highest BCUT2D eigenvalue weighted by Crippen LogP contribution is 2.38. The van der Waals surface area contributed by atoms with Gasteiger partial charge in [0, 0.05) is 12.8 Å². The molecule has 83 heavy (non-hydrogen) atoms. The van der Waals surface area contributed by atoms with E-state index in [9.17, 15) is 19.0 Å². The first-order valence-corrected chi connectivity index (χ1v) is 34.6. The second-order valence-electron chi connectivity index (χ2n) is 22.9. The largest absolute Gasteiger partial charge is 0.756 e. The predicted molar refractivity (Wildman–Crippen MR) is 357 cm³/mol. The molecule has 0 saturated carbocycles. The van der Waals surface area contributed by atoms with Gasteiger partial charge in [0.2, 0.25) is 5.91 Å². The normalized spacial score (nSPS) is 14.5. The quantitative estimate of drug-likeness (QED) is 0.0212. The summed E-state index contributed by atoms with van der Waals surface area (Å²) < 4.78 is 30.3. The van der Waals surface area contributed by atoms with Crippen LogP contribution in [0.1, 0.15) is 252 Å². The Labute approximate surface area is 510 Å². The lowest BCUT2D eigenvalue weighted by Gasteiger charge is -2.30. The van der Waals surface area contributed by atoms with Crippen LogP contribution >= 0.6 is 7.82 Å². The Kier molecular flexibility index (Phi) is 58.0. The summed E-state index contributed by atoms with van der Waals surface area (Å²) >= 11 is 0. The van der Waals surface area contributed by atoms with Crippen LogP contribution in [0, 0.1) is 0 Å². The molecule has 9 nitrogen and oxygen atoms in total. The molecule has 1 N–H and O–H groups in total. The van der Waals surface area contributed by atoms with E-state index in [2.05, 4.69) is 160 Å². The van der Waals surface area contributed by atoms with Gasteiger partial charge in [-0.1, -0.05) is 257 Å². The van der Waals surface area contributed by atoms with Gasteiger partial charge < -0.3 is 28.5 Å². The zero-order chi connectivity index (χ0) is 60.7. The minimum atomic E-state index is -4.72. The van der Waals surface area contributed by atoms with Crippen LogP contribution in [0.3, 0.4) is 0 Å². The zero-order valence-electron chi connectivity index (χ0n) is 53.8. The van der Waals surface area contributed by atoms with Crippen molar-refractivity contribution in [2.45, 2.75) is 264 Å². The Morgan fingerprint density at radius 2 is 0.771 bits per heavy atom. The molecule has 0 bridgehead atoms. The van der Waals surface area contributed by atoms with Crippen molar-refractivity contribution in [1.29, 1.82) is 0 Å². The lowest BCUT2D eigenvalue weighted by molar-refractivity contribution is -0.870. The summed E-state index contributed by atoms with van der Waals surface area (Å²) in [6.45, 7) is 6.57. The topological polar surface area (TPSA) is 114 Å². The summed E-state index contributed by atoms with van der Waals surface area (Å²) in [6.07, 6.45) is 88.2. The van der Waals surface area contributed by atoms with Gasteiger partial charge in [-0.05, 0) is 128 Å². The van der Waals surface area contributed by atoms with E-state index < -0.39 is 26.6 Å². The second-order valence-corrected chi connectivity index (χ2v) is 24.3. The number of nitrogens with zero attached hydrogens (tertiary/aromatic N) is 1. The molecule has 0 fully saturated rings. The van der Waals surface area contributed by atoms with Gasteiger partial charge in [-0.15, -0.1) is 0 Å². The van der Waals surface area contributed by atoms with Crippen molar-refractivity contribution in [3.63, 3.8) is 0 Å². The summed E-state index contributed by atoms with van der Waals surface area (Å²) in [7, 11) is 1.14. The highest BCUT2D eigenvalue weighted by atomic mass is 31.2. The molecule has 0 saturated heterocycles. The first-order chi connectivity index (χ1) is 40.4. The lowest BCUT2D eigenvalue weighted by atomic mass is 10.1. The smallest absolute Gasteiger partial charge is 0.306 e. The maximum absolute atomic E-state index is 13.6. The van der Waals surface area contributed by atoms with Gasteiger partial charge in [0.25, 0.3) is 7.82 Å². The molecule has 3 atom stereocenters. The Morgan fingerprint density at radius 1 is 0.434 bits per heavy atom.